The molecule has 0 saturated carbocycles. The van der Waals surface area contributed by atoms with Crippen molar-refractivity contribution in [1.29, 1.82) is 0 Å². The summed E-state index contributed by atoms with van der Waals surface area (Å²) in [5, 5.41) is 2.99. The SMILES string of the molecule is CC(C)C(=O)NC(c1ccc(F)cc1)C(C)C. The summed E-state index contributed by atoms with van der Waals surface area (Å²) in [5.74, 6) is -0.0145. The van der Waals surface area contributed by atoms with Crippen LogP contribution in [-0.4, -0.2) is 5.91 Å². The minimum absolute atomic E-state index is 0.0213. The molecule has 0 bridgehead atoms. The lowest BCUT2D eigenvalue weighted by molar-refractivity contribution is -0.125. The van der Waals surface area contributed by atoms with Crippen LogP contribution in [0.1, 0.15) is 39.3 Å². The van der Waals surface area contributed by atoms with Gasteiger partial charge >= 0.3 is 0 Å². The van der Waals surface area contributed by atoms with E-state index in [0.717, 1.165) is 5.56 Å². The van der Waals surface area contributed by atoms with Crippen LogP contribution in [0.15, 0.2) is 24.3 Å². The van der Waals surface area contributed by atoms with Crippen molar-refractivity contribution in [1.82, 2.24) is 5.32 Å². The second-order valence-corrected chi connectivity index (χ2v) is 4.94. The minimum atomic E-state index is -0.258. The maximum absolute atomic E-state index is 12.9. The summed E-state index contributed by atoms with van der Waals surface area (Å²) in [4.78, 5) is 11.7. The Morgan fingerprint density at radius 3 is 2.06 bits per heavy atom. The molecular formula is C14H20FNO. The molecule has 2 nitrogen and oxygen atoms in total. The Hall–Kier alpha value is -1.38. The third kappa shape index (κ3) is 3.84. The molecule has 17 heavy (non-hydrogen) atoms. The Morgan fingerprint density at radius 1 is 1.12 bits per heavy atom. The zero-order valence-corrected chi connectivity index (χ0v) is 10.8. The van der Waals surface area contributed by atoms with E-state index in [9.17, 15) is 9.18 Å². The Kier molecular flexibility index (Phi) is 4.67. The molecule has 1 amide bonds. The van der Waals surface area contributed by atoms with Gasteiger partial charge in [-0.3, -0.25) is 4.79 Å². The lowest BCUT2D eigenvalue weighted by Gasteiger charge is -2.24. The molecule has 1 atom stereocenters. The van der Waals surface area contributed by atoms with Gasteiger partial charge in [0, 0.05) is 5.92 Å². The lowest BCUT2D eigenvalue weighted by Crippen LogP contribution is -2.34. The third-order valence-electron chi connectivity index (χ3n) is 2.72. The molecule has 1 aromatic rings. The van der Waals surface area contributed by atoms with Gasteiger partial charge in [0.05, 0.1) is 6.04 Å². The van der Waals surface area contributed by atoms with Crippen molar-refractivity contribution < 1.29 is 9.18 Å². The van der Waals surface area contributed by atoms with E-state index in [1.807, 2.05) is 27.7 Å². The average molecular weight is 237 g/mol. The number of carbonyl (C=O) groups excluding carboxylic acids is 1. The predicted octanol–water partition coefficient (Wildman–Crippen LogP) is 3.30. The Labute approximate surface area is 102 Å². The highest BCUT2D eigenvalue weighted by Gasteiger charge is 2.19. The van der Waals surface area contributed by atoms with Gasteiger partial charge in [-0.25, -0.2) is 4.39 Å². The molecule has 1 N–H and O–H groups in total. The van der Waals surface area contributed by atoms with Crippen molar-refractivity contribution in [3.63, 3.8) is 0 Å². The maximum Gasteiger partial charge on any atom is 0.223 e. The first-order valence-corrected chi connectivity index (χ1v) is 5.97. The predicted molar refractivity (Wildman–Crippen MR) is 67.0 cm³/mol. The molecule has 1 unspecified atom stereocenters. The van der Waals surface area contributed by atoms with E-state index in [-0.39, 0.29) is 29.6 Å². The van der Waals surface area contributed by atoms with E-state index >= 15 is 0 Å². The number of rotatable bonds is 4. The van der Waals surface area contributed by atoms with Crippen LogP contribution in [0.2, 0.25) is 0 Å². The largest absolute Gasteiger partial charge is 0.349 e. The minimum Gasteiger partial charge on any atom is -0.349 e. The molecule has 0 fully saturated rings. The monoisotopic (exact) mass is 237 g/mol. The molecule has 0 aliphatic heterocycles. The van der Waals surface area contributed by atoms with Crippen LogP contribution in [0.3, 0.4) is 0 Å². The average Bonchev–Trinajstić information content (AvgIpc) is 2.26. The Bertz CT molecular complexity index is 370. The highest BCUT2D eigenvalue weighted by atomic mass is 19.1. The second kappa shape index (κ2) is 5.80. The number of benzene rings is 1. The van der Waals surface area contributed by atoms with E-state index in [0.29, 0.717) is 0 Å². The molecule has 0 heterocycles. The molecule has 3 heteroatoms. The van der Waals surface area contributed by atoms with E-state index in [4.69, 9.17) is 0 Å². The van der Waals surface area contributed by atoms with Crippen LogP contribution in [0.4, 0.5) is 4.39 Å². The number of amides is 1. The van der Waals surface area contributed by atoms with Gasteiger partial charge in [-0.15, -0.1) is 0 Å². The fourth-order valence-corrected chi connectivity index (χ4v) is 1.62. The first kappa shape index (κ1) is 13.7. The van der Waals surface area contributed by atoms with Gasteiger partial charge in [0.15, 0.2) is 0 Å². The van der Waals surface area contributed by atoms with Gasteiger partial charge in [-0.2, -0.15) is 0 Å². The molecule has 0 aromatic heterocycles. The standard InChI is InChI=1S/C14H20FNO/c1-9(2)13(16-14(17)10(3)4)11-5-7-12(15)8-6-11/h5-10,13H,1-4H3,(H,16,17). The quantitative estimate of drug-likeness (QED) is 0.855. The first-order chi connectivity index (χ1) is 7.91. The van der Waals surface area contributed by atoms with Crippen molar-refractivity contribution in [2.24, 2.45) is 11.8 Å². The molecule has 0 radical (unpaired) electrons. The number of halogens is 1. The summed E-state index contributed by atoms with van der Waals surface area (Å²) in [7, 11) is 0. The highest BCUT2D eigenvalue weighted by Crippen LogP contribution is 2.22. The Morgan fingerprint density at radius 2 is 1.65 bits per heavy atom. The molecule has 1 aromatic carbocycles. The fourth-order valence-electron chi connectivity index (χ4n) is 1.62. The fraction of sp³-hybridized carbons (Fsp3) is 0.500. The third-order valence-corrected chi connectivity index (χ3v) is 2.72. The summed E-state index contributed by atoms with van der Waals surface area (Å²) in [6.07, 6.45) is 0. The van der Waals surface area contributed by atoms with Gasteiger partial charge in [-0.05, 0) is 23.6 Å². The summed E-state index contributed by atoms with van der Waals surface area (Å²) in [5.41, 5.74) is 0.940. The summed E-state index contributed by atoms with van der Waals surface area (Å²) in [6, 6.07) is 6.23. The van der Waals surface area contributed by atoms with Gasteiger partial charge in [0.2, 0.25) is 5.91 Å². The molecule has 0 saturated heterocycles. The van der Waals surface area contributed by atoms with Crippen molar-refractivity contribution in [3.05, 3.63) is 35.6 Å². The van der Waals surface area contributed by atoms with Crippen molar-refractivity contribution in [2.45, 2.75) is 33.7 Å². The molecule has 0 aliphatic rings. The highest BCUT2D eigenvalue weighted by molar-refractivity contribution is 5.78. The molecule has 0 aliphatic carbocycles. The lowest BCUT2D eigenvalue weighted by atomic mass is 9.95. The normalized spacial score (nSPS) is 12.9. The van der Waals surface area contributed by atoms with Crippen LogP contribution in [-0.2, 0) is 4.79 Å². The van der Waals surface area contributed by atoms with Gasteiger partial charge in [0.1, 0.15) is 5.82 Å². The topological polar surface area (TPSA) is 29.1 Å². The van der Waals surface area contributed by atoms with Crippen molar-refractivity contribution >= 4 is 5.91 Å². The van der Waals surface area contributed by atoms with Crippen LogP contribution in [0, 0.1) is 17.7 Å². The number of hydrogen-bond donors (Lipinski definition) is 1. The van der Waals surface area contributed by atoms with Gasteiger partial charge in [0.25, 0.3) is 0 Å². The number of carbonyl (C=O) groups is 1. The summed E-state index contributed by atoms with van der Waals surface area (Å²) in [6.45, 7) is 7.79. The van der Waals surface area contributed by atoms with Crippen molar-refractivity contribution in [2.75, 3.05) is 0 Å². The zero-order valence-electron chi connectivity index (χ0n) is 10.8. The number of hydrogen-bond acceptors (Lipinski definition) is 1. The first-order valence-electron chi connectivity index (χ1n) is 5.97. The van der Waals surface area contributed by atoms with E-state index in [1.54, 1.807) is 12.1 Å². The van der Waals surface area contributed by atoms with E-state index in [2.05, 4.69) is 5.32 Å². The molecular weight excluding hydrogens is 217 g/mol. The number of nitrogens with one attached hydrogen (secondary N) is 1. The molecule has 94 valence electrons. The summed E-state index contributed by atoms with van der Waals surface area (Å²) >= 11 is 0. The van der Waals surface area contributed by atoms with E-state index < -0.39 is 0 Å². The van der Waals surface area contributed by atoms with Crippen LogP contribution >= 0.6 is 0 Å². The summed E-state index contributed by atoms with van der Waals surface area (Å²) < 4.78 is 12.9. The zero-order chi connectivity index (χ0) is 13.0. The molecule has 0 spiro atoms. The maximum atomic E-state index is 12.9. The molecule has 1 rings (SSSR count). The van der Waals surface area contributed by atoms with Crippen LogP contribution < -0.4 is 5.32 Å². The second-order valence-electron chi connectivity index (χ2n) is 4.94. The van der Waals surface area contributed by atoms with Crippen LogP contribution in [0.25, 0.3) is 0 Å². The van der Waals surface area contributed by atoms with Gasteiger partial charge in [-0.1, -0.05) is 39.8 Å². The van der Waals surface area contributed by atoms with Crippen LogP contribution in [0.5, 0.6) is 0 Å². The smallest absolute Gasteiger partial charge is 0.223 e. The van der Waals surface area contributed by atoms with E-state index in [1.165, 1.54) is 12.1 Å². The van der Waals surface area contributed by atoms with Crippen molar-refractivity contribution in [3.8, 4) is 0 Å². The van der Waals surface area contributed by atoms with Gasteiger partial charge < -0.3 is 5.32 Å². The Balaban J connectivity index is 2.86.